The van der Waals surface area contributed by atoms with Crippen LogP contribution in [0.15, 0.2) is 45.7 Å². The van der Waals surface area contributed by atoms with Crippen LogP contribution in [0.5, 0.6) is 0 Å². The maximum atomic E-state index is 4.26. The average Bonchev–Trinajstić information content (AvgIpc) is 2.18. The number of hydrogen-bond donors (Lipinski definition) is 0. The Hall–Kier alpha value is -0.740. The highest BCUT2D eigenvalue weighted by atomic mass is 79.9. The first kappa shape index (κ1) is 9.80. The molecule has 0 N–H and O–H groups in total. The summed E-state index contributed by atoms with van der Waals surface area (Å²) in [5.74, 6) is 0. The van der Waals surface area contributed by atoms with Crippen molar-refractivity contribution in [3.05, 3.63) is 45.7 Å². The predicted octanol–water partition coefficient (Wildman–Crippen LogP) is 3.67. The third-order valence-corrected chi connectivity index (χ3v) is 2.54. The van der Waals surface area contributed by atoms with Crippen LogP contribution < -0.4 is 0 Å². The molecule has 0 aliphatic carbocycles. The van der Waals surface area contributed by atoms with Crippen LogP contribution in [0.25, 0.3) is 11.3 Å². The van der Waals surface area contributed by atoms with E-state index >= 15 is 0 Å². The lowest BCUT2D eigenvalue weighted by Crippen LogP contribution is -1.84. The van der Waals surface area contributed by atoms with Gasteiger partial charge in [0.1, 0.15) is 9.21 Å². The summed E-state index contributed by atoms with van der Waals surface area (Å²) in [5.41, 5.74) is 1.98. The lowest BCUT2D eigenvalue weighted by molar-refractivity contribution is 1.22. The minimum Gasteiger partial charge on any atom is -0.256 e. The second kappa shape index (κ2) is 4.19. The number of halogens is 2. The molecule has 14 heavy (non-hydrogen) atoms. The molecule has 0 unspecified atom stereocenters. The third kappa shape index (κ3) is 2.19. The van der Waals surface area contributed by atoms with Gasteiger partial charge in [-0.2, -0.15) is 0 Å². The molecular weight excluding hydrogens is 308 g/mol. The smallest absolute Gasteiger partial charge is 0.108 e. The quantitative estimate of drug-likeness (QED) is 0.751. The number of aromatic nitrogens is 2. The number of nitrogens with zero attached hydrogens (tertiary/aromatic N) is 2. The topological polar surface area (TPSA) is 25.8 Å². The summed E-state index contributed by atoms with van der Waals surface area (Å²) < 4.78 is 1.60. The molecule has 0 fully saturated rings. The molecule has 0 radical (unpaired) electrons. The maximum absolute atomic E-state index is 4.26. The SMILES string of the molecule is Brc1cc(-c2ccccn2)cc(Br)n1. The van der Waals surface area contributed by atoms with Gasteiger partial charge in [-0.3, -0.25) is 4.98 Å². The molecule has 2 aromatic heterocycles. The Labute approximate surface area is 98.7 Å². The standard InChI is InChI=1S/C10H6Br2N2/c11-9-5-7(6-10(12)14-9)8-3-1-2-4-13-8/h1-6H. The fraction of sp³-hybridized carbons (Fsp3) is 0. The van der Waals surface area contributed by atoms with Crippen molar-refractivity contribution in [2.24, 2.45) is 0 Å². The third-order valence-electron chi connectivity index (χ3n) is 1.72. The predicted molar refractivity (Wildman–Crippen MR) is 62.9 cm³/mol. The first-order chi connectivity index (χ1) is 6.75. The van der Waals surface area contributed by atoms with E-state index in [1.165, 1.54) is 0 Å². The molecule has 0 aliphatic rings. The zero-order valence-corrected chi connectivity index (χ0v) is 10.3. The fourth-order valence-electron chi connectivity index (χ4n) is 1.15. The molecule has 70 valence electrons. The van der Waals surface area contributed by atoms with E-state index in [1.807, 2.05) is 30.3 Å². The van der Waals surface area contributed by atoms with E-state index < -0.39 is 0 Å². The van der Waals surface area contributed by atoms with Crippen LogP contribution >= 0.6 is 31.9 Å². The molecule has 2 rings (SSSR count). The molecule has 0 atom stereocenters. The molecule has 0 bridgehead atoms. The van der Waals surface area contributed by atoms with E-state index in [0.29, 0.717) is 0 Å². The van der Waals surface area contributed by atoms with Crippen molar-refractivity contribution in [2.75, 3.05) is 0 Å². The van der Waals surface area contributed by atoms with Crippen LogP contribution in [0.2, 0.25) is 0 Å². The fourth-order valence-corrected chi connectivity index (χ4v) is 2.26. The van der Waals surface area contributed by atoms with Gasteiger partial charge in [-0.1, -0.05) is 6.07 Å². The van der Waals surface area contributed by atoms with E-state index in [2.05, 4.69) is 41.8 Å². The van der Waals surface area contributed by atoms with Crippen molar-refractivity contribution in [1.82, 2.24) is 9.97 Å². The van der Waals surface area contributed by atoms with Crippen molar-refractivity contribution in [3.8, 4) is 11.3 Å². The summed E-state index contributed by atoms with van der Waals surface area (Å²) >= 11 is 6.68. The van der Waals surface area contributed by atoms with Gasteiger partial charge < -0.3 is 0 Å². The first-order valence-corrected chi connectivity index (χ1v) is 5.59. The van der Waals surface area contributed by atoms with Crippen LogP contribution in [0.1, 0.15) is 0 Å². The van der Waals surface area contributed by atoms with Crippen LogP contribution in [0.3, 0.4) is 0 Å². The van der Waals surface area contributed by atoms with Crippen molar-refractivity contribution in [3.63, 3.8) is 0 Å². The van der Waals surface area contributed by atoms with Gasteiger partial charge in [0.2, 0.25) is 0 Å². The van der Waals surface area contributed by atoms with Gasteiger partial charge >= 0.3 is 0 Å². The Kier molecular flexibility index (Phi) is 2.93. The van der Waals surface area contributed by atoms with Crippen LogP contribution in [0.4, 0.5) is 0 Å². The second-order valence-electron chi connectivity index (χ2n) is 2.72. The first-order valence-electron chi connectivity index (χ1n) is 4.00. The van der Waals surface area contributed by atoms with Crippen LogP contribution in [-0.2, 0) is 0 Å². The highest BCUT2D eigenvalue weighted by Gasteiger charge is 2.01. The molecule has 0 saturated carbocycles. The molecule has 4 heteroatoms. The summed E-state index contributed by atoms with van der Waals surface area (Å²) in [7, 11) is 0. The number of pyridine rings is 2. The Morgan fingerprint density at radius 2 is 1.71 bits per heavy atom. The van der Waals surface area contributed by atoms with E-state index in [4.69, 9.17) is 0 Å². The van der Waals surface area contributed by atoms with Gasteiger partial charge in [0.25, 0.3) is 0 Å². The van der Waals surface area contributed by atoms with Gasteiger partial charge in [-0.25, -0.2) is 4.98 Å². The van der Waals surface area contributed by atoms with Gasteiger partial charge in [-0.05, 0) is 56.1 Å². The van der Waals surface area contributed by atoms with Gasteiger partial charge in [-0.15, -0.1) is 0 Å². The Morgan fingerprint density at radius 1 is 1.00 bits per heavy atom. The molecule has 2 nitrogen and oxygen atoms in total. The lowest BCUT2D eigenvalue weighted by atomic mass is 10.2. The minimum absolute atomic E-state index is 0.799. The largest absolute Gasteiger partial charge is 0.256 e. The number of hydrogen-bond acceptors (Lipinski definition) is 2. The summed E-state index contributed by atoms with van der Waals surface area (Å²) in [6.07, 6.45) is 1.78. The molecular formula is C10H6Br2N2. The van der Waals surface area contributed by atoms with Crippen molar-refractivity contribution in [1.29, 1.82) is 0 Å². The molecule has 2 aromatic rings. The van der Waals surface area contributed by atoms with Gasteiger partial charge in [0, 0.05) is 11.8 Å². The lowest BCUT2D eigenvalue weighted by Gasteiger charge is -2.01. The van der Waals surface area contributed by atoms with Crippen molar-refractivity contribution < 1.29 is 0 Å². The van der Waals surface area contributed by atoms with E-state index in [-0.39, 0.29) is 0 Å². The van der Waals surface area contributed by atoms with Crippen molar-refractivity contribution in [2.45, 2.75) is 0 Å². The van der Waals surface area contributed by atoms with Gasteiger partial charge in [0.05, 0.1) is 5.69 Å². The minimum atomic E-state index is 0.799. The van der Waals surface area contributed by atoms with E-state index in [0.717, 1.165) is 20.5 Å². The monoisotopic (exact) mass is 312 g/mol. The average molecular weight is 314 g/mol. The molecule has 2 heterocycles. The molecule has 0 amide bonds. The van der Waals surface area contributed by atoms with E-state index in [9.17, 15) is 0 Å². The highest BCUT2D eigenvalue weighted by molar-refractivity contribution is 9.11. The zero-order chi connectivity index (χ0) is 9.97. The summed E-state index contributed by atoms with van der Waals surface area (Å²) in [5, 5.41) is 0. The number of rotatable bonds is 1. The normalized spacial score (nSPS) is 10.1. The maximum Gasteiger partial charge on any atom is 0.108 e. The molecule has 0 aromatic carbocycles. The Balaban J connectivity index is 2.52. The van der Waals surface area contributed by atoms with Crippen LogP contribution in [-0.4, -0.2) is 9.97 Å². The van der Waals surface area contributed by atoms with E-state index in [1.54, 1.807) is 6.20 Å². The van der Waals surface area contributed by atoms with Gasteiger partial charge in [0.15, 0.2) is 0 Å². The molecule has 0 spiro atoms. The highest BCUT2D eigenvalue weighted by Crippen LogP contribution is 2.23. The Bertz CT molecular complexity index is 423. The summed E-state index contributed by atoms with van der Waals surface area (Å²) in [6.45, 7) is 0. The summed E-state index contributed by atoms with van der Waals surface area (Å²) in [6, 6.07) is 9.70. The second-order valence-corrected chi connectivity index (χ2v) is 4.34. The molecule has 0 saturated heterocycles. The summed E-state index contributed by atoms with van der Waals surface area (Å²) in [4.78, 5) is 8.43. The Morgan fingerprint density at radius 3 is 2.29 bits per heavy atom. The zero-order valence-electron chi connectivity index (χ0n) is 7.11. The molecule has 0 aliphatic heterocycles. The van der Waals surface area contributed by atoms with Crippen molar-refractivity contribution >= 4 is 31.9 Å². The van der Waals surface area contributed by atoms with Crippen LogP contribution in [0, 0.1) is 0 Å².